The number of halogens is 1. The molecule has 0 saturated heterocycles. The van der Waals surface area contributed by atoms with E-state index >= 15 is 0 Å². The van der Waals surface area contributed by atoms with Gasteiger partial charge in [0.2, 0.25) is 0 Å². The van der Waals surface area contributed by atoms with Gasteiger partial charge in [0.25, 0.3) is 0 Å². The van der Waals surface area contributed by atoms with Crippen LogP contribution >= 0.6 is 15.9 Å². The van der Waals surface area contributed by atoms with Crippen LogP contribution in [-0.4, -0.2) is 17.9 Å². The SMILES string of the molecule is CCCCC/C=C\C/C=C\CCCCCCCC(=O)OCCCCBr. The molecule has 0 aromatic heterocycles. The average Bonchev–Trinajstić information content (AvgIpc) is 2.62. The molecule has 0 aromatic carbocycles. The van der Waals surface area contributed by atoms with Gasteiger partial charge in [-0.05, 0) is 51.4 Å². The van der Waals surface area contributed by atoms with Crippen molar-refractivity contribution in [3.05, 3.63) is 24.3 Å². The van der Waals surface area contributed by atoms with Crippen LogP contribution in [0.3, 0.4) is 0 Å². The molecule has 0 amide bonds. The lowest BCUT2D eigenvalue weighted by Gasteiger charge is -2.04. The Morgan fingerprint density at radius 3 is 2.12 bits per heavy atom. The summed E-state index contributed by atoms with van der Waals surface area (Å²) in [5.74, 6) is -0.0275. The van der Waals surface area contributed by atoms with E-state index in [4.69, 9.17) is 4.74 Å². The summed E-state index contributed by atoms with van der Waals surface area (Å²) in [7, 11) is 0. The minimum Gasteiger partial charge on any atom is -0.466 e. The summed E-state index contributed by atoms with van der Waals surface area (Å²) in [5, 5.41) is 0.982. The predicted octanol–water partition coefficient (Wildman–Crippen LogP) is 7.52. The summed E-state index contributed by atoms with van der Waals surface area (Å²) in [6, 6.07) is 0. The van der Waals surface area contributed by atoms with Crippen molar-refractivity contribution in [3.63, 3.8) is 0 Å². The van der Waals surface area contributed by atoms with Crippen LogP contribution in [0.2, 0.25) is 0 Å². The number of rotatable bonds is 18. The van der Waals surface area contributed by atoms with Crippen LogP contribution in [0.15, 0.2) is 24.3 Å². The maximum Gasteiger partial charge on any atom is 0.305 e. The third kappa shape index (κ3) is 21.4. The number of ether oxygens (including phenoxy) is 1. The first kappa shape index (κ1) is 24.4. The fraction of sp³-hybridized carbons (Fsp3) is 0.773. The van der Waals surface area contributed by atoms with Crippen molar-refractivity contribution in [2.45, 2.75) is 96.8 Å². The highest BCUT2D eigenvalue weighted by Gasteiger charge is 2.01. The zero-order valence-electron chi connectivity index (χ0n) is 16.3. The van der Waals surface area contributed by atoms with Crippen LogP contribution < -0.4 is 0 Å². The first-order chi connectivity index (χ1) is 12.3. The van der Waals surface area contributed by atoms with Gasteiger partial charge in [-0.25, -0.2) is 0 Å². The summed E-state index contributed by atoms with van der Waals surface area (Å²) in [4.78, 5) is 11.5. The Kier molecular flexibility index (Phi) is 21.0. The van der Waals surface area contributed by atoms with Gasteiger partial charge in [-0.3, -0.25) is 4.79 Å². The van der Waals surface area contributed by atoms with Crippen LogP contribution in [-0.2, 0) is 9.53 Å². The molecule has 0 rings (SSSR count). The van der Waals surface area contributed by atoms with Crippen LogP contribution in [0, 0.1) is 0 Å². The van der Waals surface area contributed by atoms with E-state index in [1.165, 1.54) is 51.4 Å². The summed E-state index contributed by atoms with van der Waals surface area (Å²) >= 11 is 3.37. The molecular formula is C22H39BrO2. The number of carbonyl (C=O) groups excluding carboxylic acids is 1. The first-order valence-electron chi connectivity index (χ1n) is 10.3. The normalized spacial score (nSPS) is 11.6. The molecule has 0 radical (unpaired) electrons. The Hall–Kier alpha value is -0.570. The Morgan fingerprint density at radius 2 is 1.44 bits per heavy atom. The van der Waals surface area contributed by atoms with Gasteiger partial charge in [-0.1, -0.05) is 79.3 Å². The second-order valence-electron chi connectivity index (χ2n) is 6.60. The van der Waals surface area contributed by atoms with E-state index in [-0.39, 0.29) is 5.97 Å². The molecule has 0 atom stereocenters. The Morgan fingerprint density at radius 1 is 0.800 bits per heavy atom. The molecule has 0 N–H and O–H groups in total. The van der Waals surface area contributed by atoms with Crippen LogP contribution in [0.5, 0.6) is 0 Å². The number of alkyl halides is 1. The highest BCUT2D eigenvalue weighted by atomic mass is 79.9. The van der Waals surface area contributed by atoms with Crippen molar-refractivity contribution in [1.29, 1.82) is 0 Å². The quantitative estimate of drug-likeness (QED) is 0.100. The largest absolute Gasteiger partial charge is 0.466 e. The van der Waals surface area contributed by atoms with Gasteiger partial charge >= 0.3 is 5.97 Å². The van der Waals surface area contributed by atoms with E-state index in [0.717, 1.165) is 37.4 Å². The van der Waals surface area contributed by atoms with Crippen LogP contribution in [0.1, 0.15) is 96.8 Å². The monoisotopic (exact) mass is 414 g/mol. The Balaban J connectivity index is 3.25. The van der Waals surface area contributed by atoms with Crippen molar-refractivity contribution < 1.29 is 9.53 Å². The summed E-state index contributed by atoms with van der Waals surface area (Å²) < 4.78 is 5.19. The maximum atomic E-state index is 11.5. The number of esters is 1. The number of hydrogen-bond acceptors (Lipinski definition) is 2. The average molecular weight is 415 g/mol. The molecule has 0 spiro atoms. The predicted molar refractivity (Wildman–Crippen MR) is 113 cm³/mol. The van der Waals surface area contributed by atoms with Crippen molar-refractivity contribution in [1.82, 2.24) is 0 Å². The van der Waals surface area contributed by atoms with Gasteiger partial charge in [-0.2, -0.15) is 0 Å². The molecule has 0 aliphatic rings. The number of allylic oxidation sites excluding steroid dienone is 4. The minimum atomic E-state index is -0.0275. The van der Waals surface area contributed by atoms with E-state index in [1.807, 2.05) is 0 Å². The van der Waals surface area contributed by atoms with Crippen molar-refractivity contribution in [2.75, 3.05) is 11.9 Å². The van der Waals surface area contributed by atoms with E-state index in [0.29, 0.717) is 13.0 Å². The minimum absolute atomic E-state index is 0.0275. The molecule has 0 heterocycles. The lowest BCUT2D eigenvalue weighted by Crippen LogP contribution is -2.05. The molecule has 25 heavy (non-hydrogen) atoms. The van der Waals surface area contributed by atoms with Crippen molar-refractivity contribution in [2.24, 2.45) is 0 Å². The number of carbonyl (C=O) groups is 1. The molecule has 0 aliphatic carbocycles. The smallest absolute Gasteiger partial charge is 0.305 e. The van der Waals surface area contributed by atoms with Gasteiger partial charge in [0.05, 0.1) is 6.61 Å². The molecule has 0 unspecified atom stereocenters. The molecule has 2 nitrogen and oxygen atoms in total. The maximum absolute atomic E-state index is 11.5. The molecule has 0 bridgehead atoms. The standard InChI is InChI=1S/C22H39BrO2/c1-2-3-4-5-6-7-8-9-10-11-12-13-14-15-16-19-22(24)25-21-18-17-20-23/h6-7,9-10H,2-5,8,11-21H2,1H3/b7-6-,10-9-. The fourth-order valence-electron chi connectivity index (χ4n) is 2.54. The fourth-order valence-corrected chi connectivity index (χ4v) is 2.93. The molecule has 3 heteroatoms. The van der Waals surface area contributed by atoms with Crippen LogP contribution in [0.25, 0.3) is 0 Å². The Labute approximate surface area is 164 Å². The third-order valence-corrected chi connectivity index (χ3v) is 4.68. The molecule has 146 valence electrons. The topological polar surface area (TPSA) is 26.3 Å². The van der Waals surface area contributed by atoms with Gasteiger partial charge < -0.3 is 4.74 Å². The Bertz CT molecular complexity index is 337. The number of hydrogen-bond donors (Lipinski definition) is 0. The number of unbranched alkanes of at least 4 members (excludes halogenated alkanes) is 9. The second-order valence-corrected chi connectivity index (χ2v) is 7.39. The molecule has 0 saturated carbocycles. The zero-order valence-corrected chi connectivity index (χ0v) is 17.9. The lowest BCUT2D eigenvalue weighted by molar-refractivity contribution is -0.143. The van der Waals surface area contributed by atoms with Gasteiger partial charge in [0, 0.05) is 11.8 Å². The van der Waals surface area contributed by atoms with Crippen molar-refractivity contribution >= 4 is 21.9 Å². The lowest BCUT2D eigenvalue weighted by atomic mass is 10.1. The van der Waals surface area contributed by atoms with Gasteiger partial charge in [-0.15, -0.1) is 0 Å². The zero-order chi connectivity index (χ0) is 18.4. The van der Waals surface area contributed by atoms with E-state index in [9.17, 15) is 4.79 Å². The highest BCUT2D eigenvalue weighted by molar-refractivity contribution is 9.09. The first-order valence-corrected chi connectivity index (χ1v) is 11.4. The van der Waals surface area contributed by atoms with Crippen LogP contribution in [0.4, 0.5) is 0 Å². The van der Waals surface area contributed by atoms with Crippen molar-refractivity contribution in [3.8, 4) is 0 Å². The second kappa shape index (κ2) is 21.5. The van der Waals surface area contributed by atoms with E-state index in [2.05, 4.69) is 47.2 Å². The van der Waals surface area contributed by atoms with Gasteiger partial charge in [0.15, 0.2) is 0 Å². The summed E-state index contributed by atoms with van der Waals surface area (Å²) in [6.07, 6.45) is 25.1. The van der Waals surface area contributed by atoms with Gasteiger partial charge in [0.1, 0.15) is 0 Å². The summed E-state index contributed by atoms with van der Waals surface area (Å²) in [5.41, 5.74) is 0. The molecule has 0 fully saturated rings. The summed E-state index contributed by atoms with van der Waals surface area (Å²) in [6.45, 7) is 2.82. The van der Waals surface area contributed by atoms with E-state index in [1.54, 1.807) is 0 Å². The third-order valence-electron chi connectivity index (χ3n) is 4.12. The molecule has 0 aromatic rings. The molecular weight excluding hydrogens is 376 g/mol. The highest BCUT2D eigenvalue weighted by Crippen LogP contribution is 2.09. The molecule has 0 aliphatic heterocycles. The van der Waals surface area contributed by atoms with E-state index < -0.39 is 0 Å².